The normalized spacial score (nSPS) is 10.6. The Kier molecular flexibility index (Phi) is 10.6. The summed E-state index contributed by atoms with van der Waals surface area (Å²) in [7, 11) is 0. The van der Waals surface area contributed by atoms with Gasteiger partial charge in [-0.2, -0.15) is 0 Å². The molecule has 200 valence electrons. The minimum absolute atomic E-state index is 0.117. The van der Waals surface area contributed by atoms with Gasteiger partial charge in [-0.1, -0.05) is 85.4 Å². The summed E-state index contributed by atoms with van der Waals surface area (Å²) >= 11 is 1.58. The highest BCUT2D eigenvalue weighted by Gasteiger charge is 2.16. The summed E-state index contributed by atoms with van der Waals surface area (Å²) in [5.41, 5.74) is 3.17. The maximum atomic E-state index is 13.3. The van der Waals surface area contributed by atoms with E-state index in [0.29, 0.717) is 25.3 Å². The van der Waals surface area contributed by atoms with Crippen LogP contribution in [0.5, 0.6) is 5.75 Å². The zero-order valence-corrected chi connectivity index (χ0v) is 23.0. The van der Waals surface area contributed by atoms with Gasteiger partial charge in [-0.3, -0.25) is 9.69 Å². The summed E-state index contributed by atoms with van der Waals surface area (Å²) in [6, 6.07) is 35.7. The predicted octanol–water partition coefficient (Wildman–Crippen LogP) is 7.89. The molecule has 0 aromatic heterocycles. The van der Waals surface area contributed by atoms with Crippen LogP contribution in [-0.2, 0) is 17.8 Å². The van der Waals surface area contributed by atoms with E-state index in [0.717, 1.165) is 40.3 Å². The summed E-state index contributed by atoms with van der Waals surface area (Å²) in [6.45, 7) is 3.03. The van der Waals surface area contributed by atoms with Crippen molar-refractivity contribution in [1.29, 1.82) is 0 Å². The van der Waals surface area contributed by atoms with Crippen molar-refractivity contribution in [3.8, 4) is 5.75 Å². The van der Waals surface area contributed by atoms with Crippen LogP contribution in [0.15, 0.2) is 119 Å². The number of anilines is 1. The molecule has 0 aliphatic rings. The number of carbonyl (C=O) groups is 2. The fraction of sp³-hybridized carbons (Fsp3) is 0.212. The summed E-state index contributed by atoms with van der Waals surface area (Å²) < 4.78 is 5.43. The first-order valence-corrected chi connectivity index (χ1v) is 14.1. The lowest BCUT2D eigenvalue weighted by Crippen LogP contribution is -2.40. The molecule has 0 heterocycles. The number of hydrogen-bond donors (Lipinski definition) is 1. The molecular weight excluding hydrogens is 504 g/mol. The van der Waals surface area contributed by atoms with Gasteiger partial charge < -0.3 is 10.1 Å². The number of ether oxygens (including phenoxy) is 1. The molecule has 0 spiro atoms. The molecule has 0 saturated heterocycles. The van der Waals surface area contributed by atoms with Crippen molar-refractivity contribution in [1.82, 2.24) is 5.32 Å². The fourth-order valence-electron chi connectivity index (χ4n) is 4.12. The molecule has 2 amide bonds. The van der Waals surface area contributed by atoms with E-state index in [2.05, 4.69) is 17.4 Å². The van der Waals surface area contributed by atoms with E-state index in [-0.39, 0.29) is 12.0 Å². The van der Waals surface area contributed by atoms with Crippen LogP contribution >= 0.6 is 11.8 Å². The van der Waals surface area contributed by atoms with Gasteiger partial charge in [-0.15, -0.1) is 0 Å². The lowest BCUT2D eigenvalue weighted by Gasteiger charge is -2.24. The van der Waals surface area contributed by atoms with E-state index in [1.807, 2.05) is 103 Å². The second kappa shape index (κ2) is 14.8. The van der Waals surface area contributed by atoms with Crippen molar-refractivity contribution in [2.24, 2.45) is 0 Å². The van der Waals surface area contributed by atoms with E-state index in [9.17, 15) is 9.59 Å². The number of nitrogens with zero attached hydrogens (tertiary/aromatic N) is 1. The molecule has 0 unspecified atom stereocenters. The Morgan fingerprint density at radius 1 is 0.795 bits per heavy atom. The average Bonchev–Trinajstić information content (AvgIpc) is 2.96. The van der Waals surface area contributed by atoms with Gasteiger partial charge in [0.25, 0.3) is 0 Å². The Balaban J connectivity index is 1.42. The number of rotatable bonds is 12. The Morgan fingerprint density at radius 3 is 2.18 bits per heavy atom. The van der Waals surface area contributed by atoms with Crippen LogP contribution in [0.4, 0.5) is 10.5 Å². The molecule has 39 heavy (non-hydrogen) atoms. The highest BCUT2D eigenvalue weighted by molar-refractivity contribution is 7.99. The van der Waals surface area contributed by atoms with Crippen molar-refractivity contribution >= 4 is 29.4 Å². The molecule has 0 aliphatic heterocycles. The number of nitrogens with one attached hydrogen (secondary N) is 1. The molecule has 0 saturated carbocycles. The minimum Gasteiger partial charge on any atom is -0.426 e. The van der Waals surface area contributed by atoms with Crippen LogP contribution in [0.1, 0.15) is 37.3 Å². The van der Waals surface area contributed by atoms with E-state index < -0.39 is 0 Å². The van der Waals surface area contributed by atoms with Gasteiger partial charge in [0.1, 0.15) is 5.75 Å². The maximum Gasteiger partial charge on any atom is 0.322 e. The standard InChI is InChI=1S/C33H34N2O3S/c1-2-11-32(36)38-29-17-9-18-31(24-29)39-30-21-19-28(20-22-30)35(23-10-16-26-12-5-3-6-13-26)33(37)34-25-27-14-7-4-8-15-27/h3-9,12-15,17-22,24H,2,10-11,16,23,25H2,1H3,(H,34,37). The van der Waals surface area contributed by atoms with E-state index in [4.69, 9.17) is 4.74 Å². The third-order valence-electron chi connectivity index (χ3n) is 6.10. The van der Waals surface area contributed by atoms with Crippen LogP contribution < -0.4 is 15.0 Å². The third-order valence-corrected chi connectivity index (χ3v) is 7.09. The lowest BCUT2D eigenvalue weighted by molar-refractivity contribution is -0.134. The number of amides is 2. The first-order chi connectivity index (χ1) is 19.1. The summed E-state index contributed by atoms with van der Waals surface area (Å²) in [6.07, 6.45) is 2.91. The molecule has 0 fully saturated rings. The fourth-order valence-corrected chi connectivity index (χ4v) is 4.99. The predicted molar refractivity (Wildman–Crippen MR) is 158 cm³/mol. The van der Waals surface area contributed by atoms with E-state index in [1.165, 1.54) is 5.56 Å². The maximum absolute atomic E-state index is 13.3. The van der Waals surface area contributed by atoms with Crippen molar-refractivity contribution in [3.05, 3.63) is 120 Å². The number of carbonyl (C=O) groups excluding carboxylic acids is 2. The highest BCUT2D eigenvalue weighted by Crippen LogP contribution is 2.31. The zero-order valence-electron chi connectivity index (χ0n) is 22.2. The Bertz CT molecular complexity index is 1330. The van der Waals surface area contributed by atoms with Crippen molar-refractivity contribution in [2.75, 3.05) is 11.4 Å². The van der Waals surface area contributed by atoms with Gasteiger partial charge in [-0.05, 0) is 72.9 Å². The second-order valence-electron chi connectivity index (χ2n) is 9.18. The smallest absolute Gasteiger partial charge is 0.322 e. The number of esters is 1. The molecule has 0 radical (unpaired) electrons. The first kappa shape index (κ1) is 28.0. The molecule has 0 atom stereocenters. The average molecular weight is 539 g/mol. The summed E-state index contributed by atoms with van der Waals surface area (Å²) in [4.78, 5) is 29.0. The molecule has 4 aromatic carbocycles. The molecule has 4 aromatic rings. The third kappa shape index (κ3) is 9.04. The van der Waals surface area contributed by atoms with Gasteiger partial charge >= 0.3 is 12.0 Å². The van der Waals surface area contributed by atoms with E-state index in [1.54, 1.807) is 17.8 Å². The Morgan fingerprint density at radius 2 is 1.49 bits per heavy atom. The van der Waals surface area contributed by atoms with Gasteiger partial charge in [0.2, 0.25) is 0 Å². The minimum atomic E-state index is -0.220. The lowest BCUT2D eigenvalue weighted by atomic mass is 10.1. The second-order valence-corrected chi connectivity index (χ2v) is 10.3. The molecule has 1 N–H and O–H groups in total. The van der Waals surface area contributed by atoms with Crippen LogP contribution in [0.25, 0.3) is 0 Å². The van der Waals surface area contributed by atoms with Gasteiger partial charge in [0.15, 0.2) is 0 Å². The number of aryl methyl sites for hydroxylation is 1. The van der Waals surface area contributed by atoms with Crippen LogP contribution in [0, 0.1) is 0 Å². The van der Waals surface area contributed by atoms with Gasteiger partial charge in [0.05, 0.1) is 0 Å². The van der Waals surface area contributed by atoms with E-state index >= 15 is 0 Å². The van der Waals surface area contributed by atoms with Crippen molar-refractivity contribution < 1.29 is 14.3 Å². The highest BCUT2D eigenvalue weighted by atomic mass is 32.2. The quantitative estimate of drug-likeness (QED) is 0.147. The molecular formula is C33H34N2O3S. The molecule has 4 rings (SSSR count). The van der Waals surface area contributed by atoms with Gasteiger partial charge in [0, 0.05) is 35.0 Å². The largest absolute Gasteiger partial charge is 0.426 e. The van der Waals surface area contributed by atoms with Crippen LogP contribution in [0.3, 0.4) is 0 Å². The molecule has 6 heteroatoms. The molecule has 0 bridgehead atoms. The SMILES string of the molecule is CCCC(=O)Oc1cccc(Sc2ccc(N(CCCc3ccccc3)C(=O)NCc3ccccc3)cc2)c1. The number of hydrogen-bond acceptors (Lipinski definition) is 4. The van der Waals surface area contributed by atoms with Gasteiger partial charge in [-0.25, -0.2) is 4.79 Å². The topological polar surface area (TPSA) is 58.6 Å². The molecule has 5 nitrogen and oxygen atoms in total. The first-order valence-electron chi connectivity index (χ1n) is 13.3. The van der Waals surface area contributed by atoms with Crippen LogP contribution in [-0.4, -0.2) is 18.5 Å². The molecule has 0 aliphatic carbocycles. The summed E-state index contributed by atoms with van der Waals surface area (Å²) in [5.74, 6) is 0.330. The Hall–Kier alpha value is -4.03. The monoisotopic (exact) mass is 538 g/mol. The van der Waals surface area contributed by atoms with Crippen molar-refractivity contribution in [2.45, 2.75) is 48.9 Å². The van der Waals surface area contributed by atoms with Crippen molar-refractivity contribution in [3.63, 3.8) is 0 Å². The zero-order chi connectivity index (χ0) is 27.3. The number of benzene rings is 4. The Labute approximate surface area is 235 Å². The number of urea groups is 1. The summed E-state index contributed by atoms with van der Waals surface area (Å²) in [5, 5.41) is 3.07. The van der Waals surface area contributed by atoms with Crippen LogP contribution in [0.2, 0.25) is 0 Å².